The summed E-state index contributed by atoms with van der Waals surface area (Å²) in [5, 5.41) is 9.67. The molecule has 0 radical (unpaired) electrons. The van der Waals surface area contributed by atoms with Crippen LogP contribution in [0, 0.1) is 0 Å². The number of hydrogen-bond donors (Lipinski definition) is 1. The van der Waals surface area contributed by atoms with Crippen LogP contribution in [0.1, 0.15) is 86.5 Å². The van der Waals surface area contributed by atoms with E-state index in [1.807, 2.05) is 33.8 Å². The highest BCUT2D eigenvalue weighted by Gasteiger charge is 2.24. The van der Waals surface area contributed by atoms with Gasteiger partial charge in [-0.2, -0.15) is 0 Å². The summed E-state index contributed by atoms with van der Waals surface area (Å²) in [7, 11) is 0. The zero-order valence-corrected chi connectivity index (χ0v) is 16.0. The molecule has 0 aromatic carbocycles. The van der Waals surface area contributed by atoms with Gasteiger partial charge in [-0.25, -0.2) is 4.79 Å². The van der Waals surface area contributed by atoms with E-state index < -0.39 is 11.7 Å². The highest BCUT2D eigenvalue weighted by Crippen LogP contribution is 2.19. The SMILES string of the molecule is C/C=C(\CC(C)O)N(CCCCCCCC)C(=O)OC(C)(C)C. The number of aliphatic hydroxyl groups is 1. The highest BCUT2D eigenvalue weighted by molar-refractivity contribution is 5.70. The minimum absolute atomic E-state index is 0.320. The third-order valence-corrected chi connectivity index (χ3v) is 3.53. The van der Waals surface area contributed by atoms with E-state index in [2.05, 4.69) is 6.92 Å². The minimum atomic E-state index is -0.514. The number of amides is 1. The minimum Gasteiger partial charge on any atom is -0.443 e. The highest BCUT2D eigenvalue weighted by atomic mass is 16.6. The van der Waals surface area contributed by atoms with Crippen molar-refractivity contribution in [2.45, 2.75) is 98.2 Å². The fourth-order valence-corrected chi connectivity index (χ4v) is 2.41. The molecule has 0 aromatic rings. The van der Waals surface area contributed by atoms with Crippen LogP contribution in [0.5, 0.6) is 0 Å². The second kappa shape index (κ2) is 11.5. The van der Waals surface area contributed by atoms with Gasteiger partial charge in [-0.3, -0.25) is 4.90 Å². The molecule has 4 nitrogen and oxygen atoms in total. The van der Waals surface area contributed by atoms with Crippen molar-refractivity contribution in [3.05, 3.63) is 11.8 Å². The molecule has 0 saturated carbocycles. The Morgan fingerprint density at radius 2 is 1.74 bits per heavy atom. The van der Waals surface area contributed by atoms with Gasteiger partial charge in [0.15, 0.2) is 0 Å². The first-order chi connectivity index (χ1) is 10.7. The van der Waals surface area contributed by atoms with Gasteiger partial charge in [0.25, 0.3) is 0 Å². The Morgan fingerprint density at radius 3 is 2.22 bits per heavy atom. The van der Waals surface area contributed by atoms with Gasteiger partial charge in [-0.15, -0.1) is 0 Å². The average Bonchev–Trinajstić information content (AvgIpc) is 2.42. The van der Waals surface area contributed by atoms with E-state index in [0.717, 1.165) is 18.5 Å². The lowest BCUT2D eigenvalue weighted by Gasteiger charge is -2.29. The lowest BCUT2D eigenvalue weighted by Crippen LogP contribution is -2.37. The van der Waals surface area contributed by atoms with Gasteiger partial charge in [0.1, 0.15) is 5.60 Å². The van der Waals surface area contributed by atoms with Crippen LogP contribution in [0.4, 0.5) is 4.79 Å². The average molecular weight is 328 g/mol. The molecule has 0 aliphatic carbocycles. The number of ether oxygens (including phenoxy) is 1. The van der Waals surface area contributed by atoms with Crippen LogP contribution >= 0.6 is 0 Å². The van der Waals surface area contributed by atoms with Crippen molar-refractivity contribution in [3.63, 3.8) is 0 Å². The van der Waals surface area contributed by atoms with Crippen LogP contribution in [0.25, 0.3) is 0 Å². The lowest BCUT2D eigenvalue weighted by molar-refractivity contribution is 0.0293. The van der Waals surface area contributed by atoms with Crippen LogP contribution < -0.4 is 0 Å². The fraction of sp³-hybridized carbons (Fsp3) is 0.842. The van der Waals surface area contributed by atoms with E-state index in [1.54, 1.807) is 11.8 Å². The van der Waals surface area contributed by atoms with E-state index in [0.29, 0.717) is 13.0 Å². The number of aliphatic hydroxyl groups excluding tert-OH is 1. The van der Waals surface area contributed by atoms with Crippen LogP contribution in [0.15, 0.2) is 11.8 Å². The predicted octanol–water partition coefficient (Wildman–Crippen LogP) is 5.26. The van der Waals surface area contributed by atoms with Crippen molar-refractivity contribution in [3.8, 4) is 0 Å². The normalized spacial score (nSPS) is 13.8. The Morgan fingerprint density at radius 1 is 1.17 bits per heavy atom. The first-order valence-electron chi connectivity index (χ1n) is 9.05. The van der Waals surface area contributed by atoms with E-state index in [4.69, 9.17) is 4.74 Å². The Labute approximate surface area is 142 Å². The van der Waals surface area contributed by atoms with Crippen LogP contribution in [-0.2, 0) is 4.74 Å². The van der Waals surface area contributed by atoms with E-state index in [1.165, 1.54) is 25.7 Å². The summed E-state index contributed by atoms with van der Waals surface area (Å²) in [5.74, 6) is 0. The quantitative estimate of drug-likeness (QED) is 0.557. The van der Waals surface area contributed by atoms with Gasteiger partial charge in [-0.05, 0) is 41.0 Å². The molecule has 0 spiro atoms. The van der Waals surface area contributed by atoms with Crippen LogP contribution in [0.3, 0.4) is 0 Å². The van der Waals surface area contributed by atoms with Gasteiger partial charge < -0.3 is 9.84 Å². The summed E-state index contributed by atoms with van der Waals surface area (Å²) in [6, 6.07) is 0. The molecule has 1 amide bonds. The number of carbonyl (C=O) groups is 1. The summed E-state index contributed by atoms with van der Waals surface area (Å²) in [5.41, 5.74) is 0.322. The zero-order valence-electron chi connectivity index (χ0n) is 16.0. The molecule has 0 rings (SSSR count). The van der Waals surface area contributed by atoms with Crippen molar-refractivity contribution < 1.29 is 14.6 Å². The smallest absolute Gasteiger partial charge is 0.414 e. The largest absolute Gasteiger partial charge is 0.443 e. The molecule has 1 atom stereocenters. The molecule has 0 bridgehead atoms. The third-order valence-electron chi connectivity index (χ3n) is 3.53. The lowest BCUT2D eigenvalue weighted by atomic mass is 10.1. The zero-order chi connectivity index (χ0) is 17.9. The van der Waals surface area contributed by atoms with Gasteiger partial charge in [0.2, 0.25) is 0 Å². The Balaban J connectivity index is 4.70. The molecule has 0 aliphatic heterocycles. The molecule has 0 fully saturated rings. The van der Waals surface area contributed by atoms with Crippen LogP contribution in [-0.4, -0.2) is 34.3 Å². The van der Waals surface area contributed by atoms with Gasteiger partial charge in [0, 0.05) is 18.7 Å². The second-order valence-corrected chi connectivity index (χ2v) is 7.23. The number of allylic oxidation sites excluding steroid dienone is 1. The number of rotatable bonds is 10. The van der Waals surface area contributed by atoms with E-state index >= 15 is 0 Å². The summed E-state index contributed by atoms with van der Waals surface area (Å²) >= 11 is 0. The number of hydrogen-bond acceptors (Lipinski definition) is 3. The second-order valence-electron chi connectivity index (χ2n) is 7.23. The van der Waals surface area contributed by atoms with Crippen molar-refractivity contribution in [1.82, 2.24) is 4.90 Å². The third kappa shape index (κ3) is 11.2. The summed E-state index contributed by atoms with van der Waals surface area (Å²) in [6.07, 6.45) is 8.61. The maximum absolute atomic E-state index is 12.5. The van der Waals surface area contributed by atoms with Crippen molar-refractivity contribution in [2.24, 2.45) is 0 Å². The van der Waals surface area contributed by atoms with Crippen LogP contribution in [0.2, 0.25) is 0 Å². The first-order valence-corrected chi connectivity index (χ1v) is 9.05. The van der Waals surface area contributed by atoms with E-state index in [9.17, 15) is 9.90 Å². The molecule has 136 valence electrons. The summed E-state index contributed by atoms with van der Waals surface area (Å²) in [4.78, 5) is 14.2. The van der Waals surface area contributed by atoms with Crippen molar-refractivity contribution >= 4 is 6.09 Å². The molecule has 0 aliphatic rings. The number of carbonyl (C=O) groups excluding carboxylic acids is 1. The molecule has 0 heterocycles. The maximum Gasteiger partial charge on any atom is 0.414 e. The Bertz CT molecular complexity index is 356. The molecule has 1 unspecified atom stereocenters. The molecular formula is C19H37NO3. The monoisotopic (exact) mass is 327 g/mol. The molecule has 4 heteroatoms. The van der Waals surface area contributed by atoms with Crippen molar-refractivity contribution in [1.29, 1.82) is 0 Å². The fourth-order valence-electron chi connectivity index (χ4n) is 2.41. The molecule has 1 N–H and O–H groups in total. The number of unbranched alkanes of at least 4 members (excludes halogenated alkanes) is 5. The Kier molecular flexibility index (Phi) is 11.0. The number of nitrogens with zero attached hydrogens (tertiary/aromatic N) is 1. The summed E-state index contributed by atoms with van der Waals surface area (Å²) < 4.78 is 5.52. The van der Waals surface area contributed by atoms with E-state index in [-0.39, 0.29) is 6.09 Å². The Hall–Kier alpha value is -1.03. The molecule has 0 saturated heterocycles. The first kappa shape index (κ1) is 22.0. The van der Waals surface area contributed by atoms with Gasteiger partial charge >= 0.3 is 6.09 Å². The molecule has 23 heavy (non-hydrogen) atoms. The molecular weight excluding hydrogens is 290 g/mol. The maximum atomic E-state index is 12.5. The van der Waals surface area contributed by atoms with Gasteiger partial charge in [0.05, 0.1) is 6.10 Å². The summed E-state index contributed by atoms with van der Waals surface area (Å²) in [6.45, 7) is 12.1. The van der Waals surface area contributed by atoms with Gasteiger partial charge in [-0.1, -0.05) is 45.1 Å². The molecule has 0 aromatic heterocycles. The standard InChI is InChI=1S/C19H37NO3/c1-7-9-10-11-12-13-14-20(17(8-2)15-16(3)21)18(22)23-19(4,5)6/h8,16,21H,7,9-15H2,1-6H3/b17-8+. The topological polar surface area (TPSA) is 49.8 Å². The van der Waals surface area contributed by atoms with Crippen molar-refractivity contribution in [2.75, 3.05) is 6.54 Å². The predicted molar refractivity (Wildman–Crippen MR) is 96.4 cm³/mol.